The molecular weight excluding hydrogens is 202 g/mol. The van der Waals surface area contributed by atoms with Crippen LogP contribution in [0.2, 0.25) is 0 Å². The molecule has 2 atom stereocenters. The Morgan fingerprint density at radius 2 is 2.31 bits per heavy atom. The average molecular weight is 227 g/mol. The molecule has 1 aliphatic rings. The summed E-state index contributed by atoms with van der Waals surface area (Å²) in [6.07, 6.45) is 4.85. The monoisotopic (exact) mass is 227 g/mol. The Morgan fingerprint density at radius 3 is 2.94 bits per heavy atom. The molecule has 1 amide bonds. The van der Waals surface area contributed by atoms with Crippen LogP contribution in [0.15, 0.2) is 0 Å². The van der Waals surface area contributed by atoms with E-state index in [1.807, 2.05) is 4.90 Å². The van der Waals surface area contributed by atoms with Crippen molar-refractivity contribution in [1.82, 2.24) is 4.90 Å². The maximum absolute atomic E-state index is 12.0. The molecule has 0 aromatic rings. The summed E-state index contributed by atoms with van der Waals surface area (Å²) >= 11 is 0. The number of nitrogens with zero attached hydrogens (tertiary/aromatic N) is 1. The highest BCUT2D eigenvalue weighted by Crippen LogP contribution is 2.21. The first-order valence-electron chi connectivity index (χ1n) is 6.56. The maximum atomic E-state index is 12.0. The lowest BCUT2D eigenvalue weighted by atomic mass is 9.94. The number of amides is 1. The Balaban J connectivity index is 2.37. The van der Waals surface area contributed by atoms with E-state index in [4.69, 9.17) is 5.11 Å². The third kappa shape index (κ3) is 4.12. The zero-order chi connectivity index (χ0) is 12.0. The van der Waals surface area contributed by atoms with Gasteiger partial charge in [-0.3, -0.25) is 4.79 Å². The Kier molecular flexibility index (Phi) is 5.81. The SMILES string of the molecule is CCC(C)CC(=O)N1CCCC(CCO)C1. The fourth-order valence-electron chi connectivity index (χ4n) is 2.28. The van der Waals surface area contributed by atoms with Gasteiger partial charge in [0.25, 0.3) is 0 Å². The van der Waals surface area contributed by atoms with Crippen LogP contribution in [0.1, 0.15) is 46.0 Å². The Hall–Kier alpha value is -0.570. The van der Waals surface area contributed by atoms with Gasteiger partial charge in [-0.2, -0.15) is 0 Å². The molecule has 1 saturated heterocycles. The molecule has 16 heavy (non-hydrogen) atoms. The summed E-state index contributed by atoms with van der Waals surface area (Å²) in [6, 6.07) is 0. The summed E-state index contributed by atoms with van der Waals surface area (Å²) in [6.45, 7) is 6.28. The molecule has 0 radical (unpaired) electrons. The molecule has 0 aliphatic carbocycles. The lowest BCUT2D eigenvalue weighted by Crippen LogP contribution is -2.40. The number of hydrogen-bond donors (Lipinski definition) is 1. The van der Waals surface area contributed by atoms with Gasteiger partial charge < -0.3 is 10.0 Å². The Bertz CT molecular complexity index is 216. The number of carbonyl (C=O) groups is 1. The molecule has 94 valence electrons. The van der Waals surface area contributed by atoms with Gasteiger partial charge in [0, 0.05) is 26.1 Å². The number of aliphatic hydroxyl groups excluding tert-OH is 1. The third-order valence-electron chi connectivity index (χ3n) is 3.63. The van der Waals surface area contributed by atoms with Crippen LogP contribution in [-0.2, 0) is 4.79 Å². The number of piperidine rings is 1. The van der Waals surface area contributed by atoms with Gasteiger partial charge in [0.1, 0.15) is 0 Å². The predicted molar refractivity (Wildman–Crippen MR) is 65.1 cm³/mol. The number of carbonyl (C=O) groups excluding carboxylic acids is 1. The number of hydrogen-bond acceptors (Lipinski definition) is 2. The third-order valence-corrected chi connectivity index (χ3v) is 3.63. The Morgan fingerprint density at radius 1 is 1.56 bits per heavy atom. The van der Waals surface area contributed by atoms with E-state index in [0.717, 1.165) is 38.8 Å². The highest BCUT2D eigenvalue weighted by atomic mass is 16.3. The van der Waals surface area contributed by atoms with Gasteiger partial charge in [-0.25, -0.2) is 0 Å². The lowest BCUT2D eigenvalue weighted by molar-refractivity contribution is -0.134. The molecule has 1 fully saturated rings. The van der Waals surface area contributed by atoms with E-state index >= 15 is 0 Å². The van der Waals surface area contributed by atoms with E-state index in [0.29, 0.717) is 24.2 Å². The second kappa shape index (κ2) is 6.89. The molecule has 1 heterocycles. The van der Waals surface area contributed by atoms with Gasteiger partial charge >= 0.3 is 0 Å². The summed E-state index contributed by atoms with van der Waals surface area (Å²) < 4.78 is 0. The average Bonchev–Trinajstić information content (AvgIpc) is 2.29. The van der Waals surface area contributed by atoms with Gasteiger partial charge in [-0.05, 0) is 31.1 Å². The first kappa shape index (κ1) is 13.5. The molecule has 0 aromatic carbocycles. The summed E-state index contributed by atoms with van der Waals surface area (Å²) in [4.78, 5) is 14.0. The first-order chi connectivity index (χ1) is 7.67. The summed E-state index contributed by atoms with van der Waals surface area (Å²) in [5, 5.41) is 8.92. The van der Waals surface area contributed by atoms with Crippen molar-refractivity contribution < 1.29 is 9.90 Å². The van der Waals surface area contributed by atoms with Gasteiger partial charge in [-0.15, -0.1) is 0 Å². The van der Waals surface area contributed by atoms with Crippen molar-refractivity contribution in [3.63, 3.8) is 0 Å². The minimum absolute atomic E-state index is 0.248. The standard InChI is InChI=1S/C13H25NO2/c1-3-11(2)9-13(16)14-7-4-5-12(10-14)6-8-15/h11-12,15H,3-10H2,1-2H3. The molecule has 3 heteroatoms. The van der Waals surface area contributed by atoms with E-state index in [1.54, 1.807) is 0 Å². The lowest BCUT2D eigenvalue weighted by Gasteiger charge is -2.33. The van der Waals surface area contributed by atoms with Crippen molar-refractivity contribution in [2.24, 2.45) is 11.8 Å². The van der Waals surface area contributed by atoms with Crippen LogP contribution in [-0.4, -0.2) is 35.6 Å². The van der Waals surface area contributed by atoms with Crippen molar-refractivity contribution in [2.75, 3.05) is 19.7 Å². The van der Waals surface area contributed by atoms with Gasteiger partial charge in [0.05, 0.1) is 0 Å². The van der Waals surface area contributed by atoms with Crippen LogP contribution in [0.4, 0.5) is 0 Å². The molecule has 0 bridgehead atoms. The summed E-state index contributed by atoms with van der Waals surface area (Å²) in [5.41, 5.74) is 0. The van der Waals surface area contributed by atoms with Crippen LogP contribution in [0.5, 0.6) is 0 Å². The van der Waals surface area contributed by atoms with Crippen molar-refractivity contribution >= 4 is 5.91 Å². The summed E-state index contributed by atoms with van der Waals surface area (Å²) in [5.74, 6) is 1.31. The van der Waals surface area contributed by atoms with Crippen LogP contribution in [0.3, 0.4) is 0 Å². The first-order valence-corrected chi connectivity index (χ1v) is 6.56. The highest BCUT2D eigenvalue weighted by Gasteiger charge is 2.23. The molecule has 3 nitrogen and oxygen atoms in total. The number of rotatable bonds is 5. The van der Waals surface area contributed by atoms with E-state index < -0.39 is 0 Å². The van der Waals surface area contributed by atoms with E-state index in [9.17, 15) is 4.79 Å². The second-order valence-corrected chi connectivity index (χ2v) is 5.08. The smallest absolute Gasteiger partial charge is 0.222 e. The predicted octanol–water partition coefficient (Wildman–Crippen LogP) is 2.04. The summed E-state index contributed by atoms with van der Waals surface area (Å²) in [7, 11) is 0. The minimum Gasteiger partial charge on any atom is -0.396 e. The molecule has 1 aliphatic heterocycles. The zero-order valence-corrected chi connectivity index (χ0v) is 10.6. The van der Waals surface area contributed by atoms with Crippen molar-refractivity contribution in [3.8, 4) is 0 Å². The minimum atomic E-state index is 0.248. The highest BCUT2D eigenvalue weighted by molar-refractivity contribution is 5.76. The molecule has 0 aromatic heterocycles. The van der Waals surface area contributed by atoms with Gasteiger partial charge in [-0.1, -0.05) is 20.3 Å². The largest absolute Gasteiger partial charge is 0.396 e. The van der Waals surface area contributed by atoms with Crippen LogP contribution in [0.25, 0.3) is 0 Å². The quantitative estimate of drug-likeness (QED) is 0.781. The van der Waals surface area contributed by atoms with E-state index in [2.05, 4.69) is 13.8 Å². The second-order valence-electron chi connectivity index (χ2n) is 5.08. The molecule has 0 spiro atoms. The van der Waals surface area contributed by atoms with Gasteiger partial charge in [0.2, 0.25) is 5.91 Å². The van der Waals surface area contributed by atoms with Crippen molar-refractivity contribution in [1.29, 1.82) is 0 Å². The topological polar surface area (TPSA) is 40.5 Å². The van der Waals surface area contributed by atoms with Crippen LogP contribution in [0, 0.1) is 11.8 Å². The molecule has 2 unspecified atom stereocenters. The van der Waals surface area contributed by atoms with E-state index in [-0.39, 0.29) is 6.61 Å². The van der Waals surface area contributed by atoms with Crippen LogP contribution >= 0.6 is 0 Å². The Labute approximate surface area is 98.8 Å². The number of likely N-dealkylation sites (tertiary alicyclic amines) is 1. The molecule has 0 saturated carbocycles. The molecule has 1 rings (SSSR count). The van der Waals surface area contributed by atoms with E-state index in [1.165, 1.54) is 0 Å². The number of aliphatic hydroxyl groups is 1. The zero-order valence-electron chi connectivity index (χ0n) is 10.6. The normalized spacial score (nSPS) is 23.2. The molecule has 1 N–H and O–H groups in total. The molecular formula is C13H25NO2. The van der Waals surface area contributed by atoms with Crippen molar-refractivity contribution in [2.45, 2.75) is 46.0 Å². The maximum Gasteiger partial charge on any atom is 0.222 e. The van der Waals surface area contributed by atoms with Crippen molar-refractivity contribution in [3.05, 3.63) is 0 Å². The fourth-order valence-corrected chi connectivity index (χ4v) is 2.28. The van der Waals surface area contributed by atoms with Gasteiger partial charge in [0.15, 0.2) is 0 Å². The fraction of sp³-hybridized carbons (Fsp3) is 0.923. The van der Waals surface area contributed by atoms with Crippen LogP contribution < -0.4 is 0 Å².